The number of rotatable bonds is 6. The molecule has 0 saturated heterocycles. The number of fused-ring (bicyclic) bond motifs is 1. The Hall–Kier alpha value is -1.35. The molecule has 98 valence electrons. The van der Waals surface area contributed by atoms with Crippen molar-refractivity contribution in [1.82, 2.24) is 14.5 Å². The first-order valence-corrected chi connectivity index (χ1v) is 6.81. The Kier molecular flexibility index (Phi) is 4.37. The van der Waals surface area contributed by atoms with Gasteiger partial charge in [-0.1, -0.05) is 19.1 Å². The molecule has 0 radical (unpaired) electrons. The van der Waals surface area contributed by atoms with E-state index in [1.165, 1.54) is 17.8 Å². The molecule has 0 amide bonds. The third-order valence-corrected chi connectivity index (χ3v) is 3.19. The lowest BCUT2D eigenvalue weighted by Crippen LogP contribution is -2.14. The van der Waals surface area contributed by atoms with E-state index >= 15 is 0 Å². The fourth-order valence-corrected chi connectivity index (χ4v) is 2.34. The van der Waals surface area contributed by atoms with Gasteiger partial charge in [0, 0.05) is 13.0 Å². The molecule has 0 bridgehead atoms. The molecule has 0 aliphatic heterocycles. The smallest absolute Gasteiger partial charge is 0.109 e. The zero-order valence-corrected chi connectivity index (χ0v) is 11.7. The van der Waals surface area contributed by atoms with E-state index in [1.807, 2.05) is 0 Å². The van der Waals surface area contributed by atoms with E-state index in [9.17, 15) is 0 Å². The molecule has 0 atom stereocenters. The van der Waals surface area contributed by atoms with Crippen molar-refractivity contribution in [3.63, 3.8) is 0 Å². The van der Waals surface area contributed by atoms with E-state index in [4.69, 9.17) is 4.98 Å². The molecular formula is C15H23N3. The molecule has 0 aliphatic carbocycles. The Bertz CT molecular complexity index is 499. The van der Waals surface area contributed by atoms with E-state index in [1.54, 1.807) is 0 Å². The fourth-order valence-electron chi connectivity index (χ4n) is 2.34. The van der Waals surface area contributed by atoms with E-state index in [2.05, 4.69) is 54.8 Å². The van der Waals surface area contributed by atoms with Crippen LogP contribution < -0.4 is 0 Å². The normalized spacial score (nSPS) is 11.6. The molecule has 2 rings (SSSR count). The Morgan fingerprint density at radius 2 is 2.00 bits per heavy atom. The van der Waals surface area contributed by atoms with Crippen LogP contribution in [0.25, 0.3) is 11.0 Å². The predicted molar refractivity (Wildman–Crippen MR) is 76.9 cm³/mol. The van der Waals surface area contributed by atoms with E-state index in [-0.39, 0.29) is 0 Å². The van der Waals surface area contributed by atoms with Crippen molar-refractivity contribution in [1.29, 1.82) is 0 Å². The summed E-state index contributed by atoms with van der Waals surface area (Å²) in [4.78, 5) is 7.00. The molecule has 1 aromatic heterocycles. The molecule has 3 heteroatoms. The summed E-state index contributed by atoms with van der Waals surface area (Å²) < 4.78 is 2.38. The summed E-state index contributed by atoms with van der Waals surface area (Å²) >= 11 is 0. The maximum absolute atomic E-state index is 4.77. The summed E-state index contributed by atoms with van der Waals surface area (Å²) in [7, 11) is 4.24. The van der Waals surface area contributed by atoms with Crippen LogP contribution in [0.2, 0.25) is 0 Å². The summed E-state index contributed by atoms with van der Waals surface area (Å²) in [6.45, 7) is 4.41. The number of nitrogens with zero attached hydrogens (tertiary/aromatic N) is 3. The number of hydrogen-bond acceptors (Lipinski definition) is 2. The van der Waals surface area contributed by atoms with Crippen LogP contribution in [0.3, 0.4) is 0 Å². The topological polar surface area (TPSA) is 21.1 Å². The largest absolute Gasteiger partial charge is 0.328 e. The molecule has 3 nitrogen and oxygen atoms in total. The first-order valence-electron chi connectivity index (χ1n) is 6.81. The van der Waals surface area contributed by atoms with Crippen LogP contribution in [0.1, 0.15) is 25.6 Å². The molecule has 0 aliphatic rings. The standard InChI is InChI=1S/C15H23N3/c1-4-11-18-14-9-6-5-8-13(14)16-15(18)10-7-12-17(2)3/h5-6,8-9H,4,7,10-12H2,1-3H3. The van der Waals surface area contributed by atoms with Gasteiger partial charge in [-0.3, -0.25) is 0 Å². The Labute approximate surface area is 109 Å². The first-order chi connectivity index (χ1) is 8.72. The molecule has 1 aromatic carbocycles. The van der Waals surface area contributed by atoms with Gasteiger partial charge in [0.15, 0.2) is 0 Å². The third-order valence-electron chi connectivity index (χ3n) is 3.19. The summed E-state index contributed by atoms with van der Waals surface area (Å²) in [5.41, 5.74) is 2.41. The van der Waals surface area contributed by atoms with Crippen LogP contribution in [0.5, 0.6) is 0 Å². The van der Waals surface area contributed by atoms with Crippen molar-refractivity contribution in [3.05, 3.63) is 30.1 Å². The van der Waals surface area contributed by atoms with Gasteiger partial charge in [0.05, 0.1) is 11.0 Å². The molecule has 0 spiro atoms. The molecule has 0 N–H and O–H groups in total. The van der Waals surface area contributed by atoms with Crippen LogP contribution in [-0.4, -0.2) is 35.1 Å². The fraction of sp³-hybridized carbons (Fsp3) is 0.533. The quantitative estimate of drug-likeness (QED) is 0.780. The SMILES string of the molecule is CCCn1c(CCCN(C)C)nc2ccccc21. The second-order valence-corrected chi connectivity index (χ2v) is 5.08. The molecule has 2 aromatic rings. The minimum absolute atomic E-state index is 1.06. The molecule has 0 fully saturated rings. The van der Waals surface area contributed by atoms with Crippen molar-refractivity contribution in [3.8, 4) is 0 Å². The maximum atomic E-state index is 4.77. The second-order valence-electron chi connectivity index (χ2n) is 5.08. The van der Waals surface area contributed by atoms with Crippen LogP contribution in [0.15, 0.2) is 24.3 Å². The molecule has 1 heterocycles. The number of imidazole rings is 1. The zero-order valence-electron chi connectivity index (χ0n) is 11.7. The number of hydrogen-bond donors (Lipinski definition) is 0. The van der Waals surface area contributed by atoms with Gasteiger partial charge in [-0.05, 0) is 45.6 Å². The third kappa shape index (κ3) is 2.91. The lowest BCUT2D eigenvalue weighted by Gasteiger charge is -2.10. The zero-order chi connectivity index (χ0) is 13.0. The van der Waals surface area contributed by atoms with Crippen molar-refractivity contribution < 1.29 is 0 Å². The van der Waals surface area contributed by atoms with Crippen LogP contribution in [0, 0.1) is 0 Å². The summed E-state index contributed by atoms with van der Waals surface area (Å²) in [5, 5.41) is 0. The van der Waals surface area contributed by atoms with Gasteiger partial charge < -0.3 is 9.47 Å². The van der Waals surface area contributed by atoms with Crippen LogP contribution in [0.4, 0.5) is 0 Å². The van der Waals surface area contributed by atoms with Gasteiger partial charge in [-0.2, -0.15) is 0 Å². The minimum atomic E-state index is 1.06. The summed E-state index contributed by atoms with van der Waals surface area (Å²) in [6.07, 6.45) is 3.38. The van der Waals surface area contributed by atoms with Crippen molar-refractivity contribution in [2.75, 3.05) is 20.6 Å². The summed E-state index contributed by atoms with van der Waals surface area (Å²) in [6, 6.07) is 8.44. The van der Waals surface area contributed by atoms with Crippen LogP contribution >= 0.6 is 0 Å². The average molecular weight is 245 g/mol. The van der Waals surface area contributed by atoms with Gasteiger partial charge in [-0.15, -0.1) is 0 Å². The second kappa shape index (κ2) is 6.01. The van der Waals surface area contributed by atoms with Gasteiger partial charge in [0.25, 0.3) is 0 Å². The van der Waals surface area contributed by atoms with Crippen molar-refractivity contribution in [2.24, 2.45) is 0 Å². The Morgan fingerprint density at radius 1 is 1.22 bits per heavy atom. The highest BCUT2D eigenvalue weighted by atomic mass is 15.1. The highest BCUT2D eigenvalue weighted by Crippen LogP contribution is 2.17. The average Bonchev–Trinajstić information content (AvgIpc) is 2.68. The monoisotopic (exact) mass is 245 g/mol. The van der Waals surface area contributed by atoms with Crippen molar-refractivity contribution in [2.45, 2.75) is 32.7 Å². The number of benzene rings is 1. The lowest BCUT2D eigenvalue weighted by atomic mass is 10.3. The van der Waals surface area contributed by atoms with Gasteiger partial charge in [0.1, 0.15) is 5.82 Å². The van der Waals surface area contributed by atoms with Gasteiger partial charge in [0.2, 0.25) is 0 Å². The van der Waals surface area contributed by atoms with Gasteiger partial charge >= 0.3 is 0 Å². The molecule has 18 heavy (non-hydrogen) atoms. The van der Waals surface area contributed by atoms with Gasteiger partial charge in [-0.25, -0.2) is 4.98 Å². The first kappa shape index (κ1) is 13.1. The molecule has 0 unspecified atom stereocenters. The van der Waals surface area contributed by atoms with E-state index in [0.717, 1.165) is 31.4 Å². The number of aromatic nitrogens is 2. The Morgan fingerprint density at radius 3 is 2.72 bits per heavy atom. The minimum Gasteiger partial charge on any atom is -0.328 e. The van der Waals surface area contributed by atoms with Crippen LogP contribution in [-0.2, 0) is 13.0 Å². The number of aryl methyl sites for hydroxylation is 2. The molecule has 0 saturated carbocycles. The summed E-state index contributed by atoms with van der Waals surface area (Å²) in [5.74, 6) is 1.24. The predicted octanol–water partition coefficient (Wildman–Crippen LogP) is 2.94. The van der Waals surface area contributed by atoms with Crippen molar-refractivity contribution >= 4 is 11.0 Å². The Balaban J connectivity index is 2.22. The van der Waals surface area contributed by atoms with E-state index < -0.39 is 0 Å². The highest BCUT2D eigenvalue weighted by Gasteiger charge is 2.09. The number of para-hydroxylation sites is 2. The lowest BCUT2D eigenvalue weighted by molar-refractivity contribution is 0.397. The maximum Gasteiger partial charge on any atom is 0.109 e. The molecular weight excluding hydrogens is 222 g/mol. The highest BCUT2D eigenvalue weighted by molar-refractivity contribution is 5.75. The van der Waals surface area contributed by atoms with E-state index in [0.29, 0.717) is 0 Å².